The zero-order valence-corrected chi connectivity index (χ0v) is 26.5. The number of hydrogen-bond acceptors (Lipinski definition) is 0. The Kier molecular flexibility index (Phi) is 660. The van der Waals surface area contributed by atoms with E-state index >= 15 is 0 Å². The van der Waals surface area contributed by atoms with Crippen LogP contribution in [0.5, 0.6) is 0 Å². The predicted molar refractivity (Wildman–Crippen MR) is 92.1 cm³/mol. The van der Waals surface area contributed by atoms with Gasteiger partial charge in [0.2, 0.25) is 0 Å². The maximum atomic E-state index is 0. The van der Waals surface area contributed by atoms with Crippen LogP contribution in [0.3, 0.4) is 0 Å². The Labute approximate surface area is 336 Å². The van der Waals surface area contributed by atoms with Crippen molar-refractivity contribution in [3.8, 4) is 0 Å². The van der Waals surface area contributed by atoms with Gasteiger partial charge in [0.05, 0.1) is 0 Å². The van der Waals surface area contributed by atoms with Crippen LogP contribution in [0.1, 0.15) is 20.0 Å². The minimum absolute atomic E-state index is 0. The maximum absolute atomic E-state index is 0. The van der Waals surface area contributed by atoms with Gasteiger partial charge in [-0.2, -0.15) is 0 Å². The van der Waals surface area contributed by atoms with Crippen molar-refractivity contribution in [3.05, 3.63) is 0 Å². The largest absolute Gasteiger partial charge is 2.00 e. The van der Waals surface area contributed by atoms with E-state index in [9.17, 15) is 0 Å². The molecule has 0 aromatic rings. The molecular formula is H19Ca7Cl5. The zero-order valence-electron chi connectivity index (χ0n) is 21.0. The van der Waals surface area contributed by atoms with E-state index in [0.717, 1.165) is 0 Å². The summed E-state index contributed by atoms with van der Waals surface area (Å²) in [7, 11) is 0. The van der Waals surface area contributed by atoms with E-state index in [1.807, 2.05) is 0 Å². The first-order chi connectivity index (χ1) is 0. The normalized spacial score (nSPS) is 0. The van der Waals surface area contributed by atoms with Gasteiger partial charge in [-0.1, -0.05) is 0 Å². The average molecular weight is 477 g/mol. The van der Waals surface area contributed by atoms with Gasteiger partial charge >= 0.3 is 264 Å². The molecule has 0 aliphatic rings. The van der Waals surface area contributed by atoms with E-state index in [1.165, 1.54) is 0 Å². The molecule has 0 atom stereocenters. The molecule has 0 fully saturated rings. The van der Waals surface area contributed by atoms with Crippen molar-refractivity contribution in [2.45, 2.75) is 0 Å². The van der Waals surface area contributed by atoms with Gasteiger partial charge in [-0.15, -0.1) is 62.0 Å². The van der Waals surface area contributed by atoms with E-state index in [0.29, 0.717) is 0 Å². The molecule has 0 spiro atoms. The molecule has 0 bridgehead atoms. The molecule has 0 rings (SSSR count). The van der Waals surface area contributed by atoms with E-state index in [-0.39, 0.29) is 346 Å². The minimum Gasteiger partial charge on any atom is -1.00 e. The first-order valence-corrected chi connectivity index (χ1v) is 0. The van der Waals surface area contributed by atoms with Gasteiger partial charge in [0, 0.05) is 0 Å². The van der Waals surface area contributed by atoms with Crippen LogP contribution in [0.4, 0.5) is 0 Å². The molecule has 68 valence electrons. The predicted octanol–water partition coefficient (Wildman–Crippen LogP) is 1.02. The third-order valence-electron chi connectivity index (χ3n) is 0. The fourth-order valence-corrected chi connectivity index (χ4v) is 0. The topological polar surface area (TPSA) is 0 Å². The Hall–Kier alpha value is 10.3. The summed E-state index contributed by atoms with van der Waals surface area (Å²) >= 11 is 0. The molecule has 0 unspecified atom stereocenters. The van der Waals surface area contributed by atoms with Gasteiger partial charge in [0.1, 0.15) is 0 Å². The van der Waals surface area contributed by atoms with Gasteiger partial charge < -0.3 is 20.0 Å². The molecule has 0 radical (unpaired) electrons. The molecule has 0 heterocycles. The Morgan fingerprint density at radius 2 is 0.250 bits per heavy atom. The summed E-state index contributed by atoms with van der Waals surface area (Å²) in [6.45, 7) is 0. The smallest absolute Gasteiger partial charge is 1.00 e. The van der Waals surface area contributed by atoms with Gasteiger partial charge in [-0.05, 0) is 0 Å². The molecule has 0 saturated carbocycles. The molecule has 0 aliphatic heterocycles. The van der Waals surface area contributed by atoms with E-state index in [2.05, 4.69) is 0 Å². The third kappa shape index (κ3) is 71.4. The average Bonchev–Trinajstić information content (AvgIpc) is 0. The Morgan fingerprint density at radius 3 is 0.250 bits per heavy atom. The van der Waals surface area contributed by atoms with E-state index in [4.69, 9.17) is 0 Å². The van der Waals surface area contributed by atoms with Crippen molar-refractivity contribution in [1.29, 1.82) is 0 Å². The summed E-state index contributed by atoms with van der Waals surface area (Å²) in [5, 5.41) is 0. The summed E-state index contributed by atoms with van der Waals surface area (Å²) in [5.41, 5.74) is 0. The van der Waals surface area contributed by atoms with Crippen LogP contribution in [-0.2, 0) is 0 Å². The quantitative estimate of drug-likeness (QED) is 0.458. The zero-order chi connectivity index (χ0) is 0. The molecule has 0 aromatic heterocycles. The molecule has 0 nitrogen and oxygen atoms in total. The SMILES string of the molecule is Cl.Cl.Cl.Cl.Cl.[Ca+2].[Ca+2].[Ca+2].[Ca+2].[Ca+2].[Ca+2].[Ca+2].[H-].[H-].[H-].[H-].[H-].[H-].[H-].[H-].[H-].[H-].[H-].[H-].[H-].[H-]. The molecule has 0 aliphatic carbocycles. The standard InChI is InChI=1S/7Ca.5ClH.14H/h;;;;;;;5*1H;;;;;;;;;;;;;;/q7*+2;;;;;;14*-1. The van der Waals surface area contributed by atoms with Crippen LogP contribution in [0, 0.1) is 0 Å². The van der Waals surface area contributed by atoms with Crippen molar-refractivity contribution < 1.29 is 20.0 Å². The summed E-state index contributed by atoms with van der Waals surface area (Å²) in [5.74, 6) is 0. The molecule has 0 saturated heterocycles. The fourth-order valence-electron chi connectivity index (χ4n) is 0. The minimum atomic E-state index is 0. The third-order valence-corrected chi connectivity index (χ3v) is 0. The maximum Gasteiger partial charge on any atom is 2.00 e. The number of halogens is 5. The fraction of sp³-hybridized carbons (Fsp3) is 0. The van der Waals surface area contributed by atoms with Crippen molar-refractivity contribution in [3.63, 3.8) is 0 Å². The van der Waals surface area contributed by atoms with Gasteiger partial charge in [0.15, 0.2) is 0 Å². The van der Waals surface area contributed by atoms with Crippen molar-refractivity contribution >= 4 is 326 Å². The Bertz CT molecular complexity index is 37.6. The monoisotopic (exact) mass is 474 g/mol. The van der Waals surface area contributed by atoms with Gasteiger partial charge in [-0.25, -0.2) is 0 Å². The number of rotatable bonds is 0. The second-order valence-corrected chi connectivity index (χ2v) is 0. The van der Waals surface area contributed by atoms with E-state index in [1.54, 1.807) is 0 Å². The van der Waals surface area contributed by atoms with Crippen molar-refractivity contribution in [2.75, 3.05) is 0 Å². The van der Waals surface area contributed by atoms with Crippen LogP contribution in [0.15, 0.2) is 0 Å². The van der Waals surface area contributed by atoms with E-state index < -0.39 is 0 Å². The first kappa shape index (κ1) is 95.5. The summed E-state index contributed by atoms with van der Waals surface area (Å²) in [6, 6.07) is 0. The molecule has 0 amide bonds. The Morgan fingerprint density at radius 1 is 0.250 bits per heavy atom. The first-order valence-electron chi connectivity index (χ1n) is 0. The second kappa shape index (κ2) is 82.9. The summed E-state index contributed by atoms with van der Waals surface area (Å²) < 4.78 is 0. The van der Waals surface area contributed by atoms with Gasteiger partial charge in [-0.3, -0.25) is 0 Å². The van der Waals surface area contributed by atoms with Crippen LogP contribution >= 0.6 is 62.0 Å². The summed E-state index contributed by atoms with van der Waals surface area (Å²) in [6.07, 6.45) is 0. The molecule has 12 heteroatoms. The number of hydrogen-bond donors (Lipinski definition) is 0. The molecule has 0 N–H and O–H groups in total. The van der Waals surface area contributed by atoms with Crippen molar-refractivity contribution in [1.82, 2.24) is 0 Å². The van der Waals surface area contributed by atoms with Crippen LogP contribution in [0.25, 0.3) is 0 Å². The second-order valence-electron chi connectivity index (χ2n) is 0. The van der Waals surface area contributed by atoms with Crippen molar-refractivity contribution in [2.24, 2.45) is 0 Å². The van der Waals surface area contributed by atoms with Crippen LogP contribution < -0.4 is 0 Å². The Balaban J connectivity index is 0. The molecule has 12 heavy (non-hydrogen) atoms. The molecule has 0 aromatic carbocycles. The van der Waals surface area contributed by atoms with Crippen LogP contribution in [-0.4, -0.2) is 264 Å². The van der Waals surface area contributed by atoms with Gasteiger partial charge in [0.25, 0.3) is 0 Å². The van der Waals surface area contributed by atoms with Crippen LogP contribution in [0.2, 0.25) is 0 Å². The summed E-state index contributed by atoms with van der Waals surface area (Å²) in [4.78, 5) is 0. The molecular weight excluding hydrogens is 458 g/mol.